The molecule has 1 aliphatic heterocycles. The van der Waals surface area contributed by atoms with E-state index in [1.54, 1.807) is 0 Å². The minimum atomic E-state index is -1.26. The van der Waals surface area contributed by atoms with E-state index in [9.17, 15) is 19.2 Å². The second kappa shape index (κ2) is 10.1. The number of hydrogen-bond acceptors (Lipinski definition) is 11. The summed E-state index contributed by atoms with van der Waals surface area (Å²) < 4.78 is 26.2. The van der Waals surface area contributed by atoms with Crippen LogP contribution in [0, 0.1) is 5.41 Å². The van der Waals surface area contributed by atoms with Gasteiger partial charge < -0.3 is 29.4 Å². The Hall–Kier alpha value is -2.34. The largest absolute Gasteiger partial charge is 0.463 e. The van der Waals surface area contributed by atoms with E-state index in [4.69, 9.17) is 34.8 Å². The van der Waals surface area contributed by atoms with Crippen molar-refractivity contribution in [2.45, 2.75) is 57.5 Å². The van der Waals surface area contributed by atoms with Crippen molar-refractivity contribution in [2.24, 2.45) is 5.73 Å². The van der Waals surface area contributed by atoms with Gasteiger partial charge >= 0.3 is 23.9 Å². The first-order chi connectivity index (χ1) is 12.5. The van der Waals surface area contributed by atoms with Crippen molar-refractivity contribution in [1.82, 2.24) is 0 Å². The first-order valence-electron chi connectivity index (χ1n) is 7.82. The summed E-state index contributed by atoms with van der Waals surface area (Å²) in [5.74, 6) is -2.76. The molecule has 3 N–H and O–H groups in total. The molecule has 5 atom stereocenters. The maximum atomic E-state index is 11.6. The summed E-state index contributed by atoms with van der Waals surface area (Å²) in [4.78, 5) is 45.7. The first-order valence-corrected chi connectivity index (χ1v) is 8.70. The predicted molar refractivity (Wildman–Crippen MR) is 91.5 cm³/mol. The summed E-state index contributed by atoms with van der Waals surface area (Å²) in [5, 5.41) is 7.10. The number of nitrogens with one attached hydrogen (secondary N) is 1. The lowest BCUT2D eigenvalue weighted by atomic mass is 9.99. The molecular weight excluding hydrogens is 384 g/mol. The third-order valence-electron chi connectivity index (χ3n) is 3.19. The lowest BCUT2D eigenvalue weighted by molar-refractivity contribution is -0.237. The number of ether oxygens (including phenoxy) is 5. The summed E-state index contributed by atoms with van der Waals surface area (Å²) in [7, 11) is 0. The van der Waals surface area contributed by atoms with Gasteiger partial charge in [-0.1, -0.05) is 11.8 Å². The van der Waals surface area contributed by atoms with E-state index in [1.165, 1.54) is 6.92 Å². The topological polar surface area (TPSA) is 164 Å². The van der Waals surface area contributed by atoms with Crippen molar-refractivity contribution >= 4 is 40.8 Å². The molecule has 0 aromatic carbocycles. The van der Waals surface area contributed by atoms with E-state index in [2.05, 4.69) is 0 Å². The van der Waals surface area contributed by atoms with Gasteiger partial charge in [-0.15, -0.1) is 0 Å². The van der Waals surface area contributed by atoms with Crippen LogP contribution in [0.5, 0.6) is 0 Å². The predicted octanol–water partition coefficient (Wildman–Crippen LogP) is -0.304. The third kappa shape index (κ3) is 7.43. The van der Waals surface area contributed by atoms with Crippen LogP contribution in [0.15, 0.2) is 0 Å². The van der Waals surface area contributed by atoms with Crippen LogP contribution in [0.4, 0.5) is 0 Å². The Balaban J connectivity index is 3.29. The number of hydrogen-bond donors (Lipinski definition) is 2. The van der Waals surface area contributed by atoms with Crippen LogP contribution in [-0.4, -0.2) is 65.5 Å². The van der Waals surface area contributed by atoms with Gasteiger partial charge in [0.25, 0.3) is 0 Å². The van der Waals surface area contributed by atoms with Crippen LogP contribution in [0.1, 0.15) is 27.7 Å². The number of thioether (sulfide) groups is 1. The Bertz CT molecular complexity index is 612. The second-order valence-electron chi connectivity index (χ2n) is 5.55. The Morgan fingerprint density at radius 3 is 1.81 bits per heavy atom. The molecular formula is C15H22N2O9S. The molecule has 0 aromatic rings. The van der Waals surface area contributed by atoms with Crippen LogP contribution in [-0.2, 0) is 42.9 Å². The Kier molecular flexibility index (Phi) is 8.50. The summed E-state index contributed by atoms with van der Waals surface area (Å²) >= 11 is 0.705. The summed E-state index contributed by atoms with van der Waals surface area (Å²) in [6.07, 6.45) is -4.76. The molecule has 0 spiro atoms. The Morgan fingerprint density at radius 2 is 1.37 bits per heavy atom. The van der Waals surface area contributed by atoms with E-state index < -0.39 is 53.7 Å². The van der Waals surface area contributed by atoms with E-state index in [-0.39, 0.29) is 11.8 Å². The number of esters is 4. The third-order valence-corrected chi connectivity index (χ3v) is 4.06. The monoisotopic (exact) mass is 406 g/mol. The highest BCUT2D eigenvalue weighted by Crippen LogP contribution is 2.34. The molecule has 0 radical (unpaired) electrons. The lowest BCUT2D eigenvalue weighted by Crippen LogP contribution is -2.61. The highest BCUT2D eigenvalue weighted by molar-refractivity contribution is 8.14. The SMILES string of the molecule is CC(=O)OC[C@H]1O[C@H](SC(=N)N)[C@@H](OC(C)=O)[C@@H](OC(C)=O)[C@@H]1OC(C)=O. The minimum Gasteiger partial charge on any atom is -0.463 e. The molecule has 1 saturated heterocycles. The van der Waals surface area contributed by atoms with E-state index in [1.807, 2.05) is 0 Å². The fourth-order valence-electron chi connectivity index (χ4n) is 2.41. The average molecular weight is 406 g/mol. The molecule has 27 heavy (non-hydrogen) atoms. The molecule has 0 unspecified atom stereocenters. The van der Waals surface area contributed by atoms with Crippen LogP contribution in [0.25, 0.3) is 0 Å². The normalized spacial score (nSPS) is 27.2. The standard InChI is InChI=1S/C15H22N2O9S/c1-6(18)22-5-10-11(23-7(2)19)12(24-8(3)20)13(25-9(4)21)14(26-10)27-15(16)17/h10-14H,5H2,1-4H3,(H3,16,17)/t10-,11-,12+,13+,14-/m1/s1. The Labute approximate surface area is 159 Å². The number of rotatable bonds is 6. The molecule has 12 heteroatoms. The van der Waals surface area contributed by atoms with Gasteiger partial charge in [0, 0.05) is 27.7 Å². The molecule has 1 rings (SSSR count). The van der Waals surface area contributed by atoms with Gasteiger partial charge in [-0.2, -0.15) is 0 Å². The summed E-state index contributed by atoms with van der Waals surface area (Å²) in [6.45, 7) is 4.24. The molecule has 1 heterocycles. The van der Waals surface area contributed by atoms with Crippen molar-refractivity contribution in [1.29, 1.82) is 5.41 Å². The summed E-state index contributed by atoms with van der Waals surface area (Å²) in [5.41, 5.74) is 4.33. The number of amidine groups is 1. The van der Waals surface area contributed by atoms with Gasteiger partial charge in [0.15, 0.2) is 28.9 Å². The molecule has 1 fully saturated rings. The fraction of sp³-hybridized carbons (Fsp3) is 0.667. The smallest absolute Gasteiger partial charge is 0.303 e. The highest BCUT2D eigenvalue weighted by atomic mass is 32.2. The molecule has 11 nitrogen and oxygen atoms in total. The van der Waals surface area contributed by atoms with Crippen LogP contribution < -0.4 is 5.73 Å². The van der Waals surface area contributed by atoms with Crippen molar-refractivity contribution in [2.75, 3.05) is 6.61 Å². The average Bonchev–Trinajstić information content (AvgIpc) is 2.49. The molecule has 0 bridgehead atoms. The van der Waals surface area contributed by atoms with Crippen LogP contribution in [0.2, 0.25) is 0 Å². The lowest BCUT2D eigenvalue weighted by Gasteiger charge is -2.43. The number of carbonyl (C=O) groups excluding carboxylic acids is 4. The molecule has 0 aromatic heterocycles. The maximum absolute atomic E-state index is 11.6. The molecule has 0 saturated carbocycles. The van der Waals surface area contributed by atoms with Crippen molar-refractivity contribution < 1.29 is 42.9 Å². The maximum Gasteiger partial charge on any atom is 0.303 e. The number of carbonyl (C=O) groups is 4. The van der Waals surface area contributed by atoms with Gasteiger partial charge in [-0.05, 0) is 0 Å². The minimum absolute atomic E-state index is 0.327. The van der Waals surface area contributed by atoms with Gasteiger partial charge in [0.2, 0.25) is 0 Å². The molecule has 152 valence electrons. The molecule has 0 aliphatic carbocycles. The van der Waals surface area contributed by atoms with Crippen molar-refractivity contribution in [3.63, 3.8) is 0 Å². The van der Waals surface area contributed by atoms with Gasteiger partial charge in [0.05, 0.1) is 0 Å². The van der Waals surface area contributed by atoms with Gasteiger partial charge in [0.1, 0.15) is 12.7 Å². The number of nitrogens with two attached hydrogens (primary N) is 1. The van der Waals surface area contributed by atoms with E-state index >= 15 is 0 Å². The van der Waals surface area contributed by atoms with Crippen LogP contribution >= 0.6 is 11.8 Å². The van der Waals surface area contributed by atoms with Crippen LogP contribution in [0.3, 0.4) is 0 Å². The van der Waals surface area contributed by atoms with Gasteiger partial charge in [-0.3, -0.25) is 24.6 Å². The zero-order valence-electron chi connectivity index (χ0n) is 15.3. The fourth-order valence-corrected chi connectivity index (χ4v) is 3.20. The zero-order chi connectivity index (χ0) is 20.7. The van der Waals surface area contributed by atoms with Crippen molar-refractivity contribution in [3.8, 4) is 0 Å². The van der Waals surface area contributed by atoms with Gasteiger partial charge in [-0.25, -0.2) is 0 Å². The Morgan fingerprint density at radius 1 is 0.889 bits per heavy atom. The van der Waals surface area contributed by atoms with Crippen molar-refractivity contribution in [3.05, 3.63) is 0 Å². The van der Waals surface area contributed by atoms with E-state index in [0.29, 0.717) is 11.8 Å². The molecule has 0 amide bonds. The first kappa shape index (κ1) is 22.7. The second-order valence-corrected chi connectivity index (χ2v) is 6.69. The van der Waals surface area contributed by atoms with E-state index in [0.717, 1.165) is 20.8 Å². The highest BCUT2D eigenvalue weighted by Gasteiger charge is 2.52. The zero-order valence-corrected chi connectivity index (χ0v) is 16.1. The molecule has 1 aliphatic rings. The quantitative estimate of drug-likeness (QED) is 0.257. The summed E-state index contributed by atoms with van der Waals surface area (Å²) in [6, 6.07) is 0.